The third kappa shape index (κ3) is 2.84. The van der Waals surface area contributed by atoms with Gasteiger partial charge < -0.3 is 4.90 Å². The first-order chi connectivity index (χ1) is 10.6. The van der Waals surface area contributed by atoms with Gasteiger partial charge in [-0.15, -0.1) is 0 Å². The maximum Gasteiger partial charge on any atom is 0.147 e. The molecule has 1 saturated heterocycles. The Morgan fingerprint density at radius 3 is 2.59 bits per heavy atom. The van der Waals surface area contributed by atoms with E-state index in [1.807, 2.05) is 11.8 Å². The molecular weight excluding hydrogens is 290 g/mol. The molecule has 3 heterocycles. The molecule has 0 N–H and O–H groups in total. The fraction of sp³-hybridized carbons (Fsp3) is 0.667. The van der Waals surface area contributed by atoms with Crippen LogP contribution in [0.25, 0.3) is 0 Å². The van der Waals surface area contributed by atoms with Crippen LogP contribution in [0, 0.1) is 11.3 Å². The standard InChI is InChI=1S/C18H25N3S/c1-4-16-15-12-22-18(2,3)10-13(15)14(11-19)17(20-16)21-8-6-5-7-9-21/h4-10,12H2,1-3H3. The highest BCUT2D eigenvalue weighted by molar-refractivity contribution is 7.99. The molecular formula is C18H25N3S. The molecule has 118 valence electrons. The number of fused-ring (bicyclic) bond motifs is 1. The Labute approximate surface area is 138 Å². The predicted octanol–water partition coefficient (Wildman–Crippen LogP) is 4.07. The highest BCUT2D eigenvalue weighted by Crippen LogP contribution is 2.42. The van der Waals surface area contributed by atoms with Crippen molar-refractivity contribution in [2.75, 3.05) is 18.0 Å². The number of hydrogen-bond acceptors (Lipinski definition) is 4. The highest BCUT2D eigenvalue weighted by Gasteiger charge is 2.32. The zero-order valence-electron chi connectivity index (χ0n) is 13.9. The van der Waals surface area contributed by atoms with Crippen LogP contribution in [0.3, 0.4) is 0 Å². The zero-order chi connectivity index (χ0) is 15.7. The van der Waals surface area contributed by atoms with Crippen LogP contribution in [0.1, 0.15) is 62.4 Å². The number of nitriles is 1. The first-order valence-electron chi connectivity index (χ1n) is 8.39. The summed E-state index contributed by atoms with van der Waals surface area (Å²) in [4.78, 5) is 7.28. The number of pyridine rings is 1. The Balaban J connectivity index is 2.13. The van der Waals surface area contributed by atoms with Crippen molar-refractivity contribution in [1.29, 1.82) is 5.26 Å². The fourth-order valence-corrected chi connectivity index (χ4v) is 4.69. The average molecular weight is 315 g/mol. The smallest absolute Gasteiger partial charge is 0.147 e. The van der Waals surface area contributed by atoms with Crippen LogP contribution in [0.5, 0.6) is 0 Å². The number of piperidine rings is 1. The summed E-state index contributed by atoms with van der Waals surface area (Å²) in [6.45, 7) is 8.84. The summed E-state index contributed by atoms with van der Waals surface area (Å²) >= 11 is 1.99. The monoisotopic (exact) mass is 315 g/mol. The minimum atomic E-state index is 0.212. The van der Waals surface area contributed by atoms with Crippen molar-refractivity contribution in [2.45, 2.75) is 63.4 Å². The molecule has 0 aliphatic carbocycles. The minimum absolute atomic E-state index is 0.212. The quantitative estimate of drug-likeness (QED) is 0.824. The molecule has 2 aliphatic heterocycles. The van der Waals surface area contributed by atoms with Crippen molar-refractivity contribution < 1.29 is 0 Å². The summed E-state index contributed by atoms with van der Waals surface area (Å²) in [6.07, 6.45) is 5.66. The van der Waals surface area contributed by atoms with E-state index in [1.165, 1.54) is 36.1 Å². The zero-order valence-corrected chi connectivity index (χ0v) is 14.7. The number of nitrogens with zero attached hydrogens (tertiary/aromatic N) is 3. The molecule has 0 spiro atoms. The first kappa shape index (κ1) is 15.7. The molecule has 0 aromatic carbocycles. The normalized spacial score (nSPS) is 20.4. The third-order valence-electron chi connectivity index (χ3n) is 4.79. The summed E-state index contributed by atoms with van der Waals surface area (Å²) in [6, 6.07) is 2.50. The maximum atomic E-state index is 9.82. The lowest BCUT2D eigenvalue weighted by atomic mass is 9.91. The van der Waals surface area contributed by atoms with Crippen LogP contribution in [0.4, 0.5) is 5.82 Å². The summed E-state index contributed by atoms with van der Waals surface area (Å²) in [5.41, 5.74) is 4.67. The lowest BCUT2D eigenvalue weighted by Gasteiger charge is -2.35. The van der Waals surface area contributed by atoms with Gasteiger partial charge in [0.2, 0.25) is 0 Å². The molecule has 0 amide bonds. The number of rotatable bonds is 2. The van der Waals surface area contributed by atoms with E-state index < -0.39 is 0 Å². The van der Waals surface area contributed by atoms with Gasteiger partial charge in [0.15, 0.2) is 0 Å². The van der Waals surface area contributed by atoms with Crippen LogP contribution in [0.15, 0.2) is 0 Å². The number of aromatic nitrogens is 1. The van der Waals surface area contributed by atoms with E-state index in [2.05, 4.69) is 31.7 Å². The van der Waals surface area contributed by atoms with E-state index in [4.69, 9.17) is 4.98 Å². The molecule has 1 aromatic rings. The van der Waals surface area contributed by atoms with Crippen LogP contribution >= 0.6 is 11.8 Å². The molecule has 3 nitrogen and oxygen atoms in total. The van der Waals surface area contributed by atoms with Gasteiger partial charge in [-0.1, -0.05) is 20.8 Å². The lowest BCUT2D eigenvalue weighted by molar-refractivity contribution is 0.571. The Morgan fingerprint density at radius 1 is 1.23 bits per heavy atom. The van der Waals surface area contributed by atoms with Crippen molar-refractivity contribution in [1.82, 2.24) is 4.98 Å². The van der Waals surface area contributed by atoms with Gasteiger partial charge >= 0.3 is 0 Å². The summed E-state index contributed by atoms with van der Waals surface area (Å²) in [7, 11) is 0. The van der Waals surface area contributed by atoms with Crippen molar-refractivity contribution in [3.8, 4) is 6.07 Å². The van der Waals surface area contributed by atoms with Gasteiger partial charge in [0.25, 0.3) is 0 Å². The Morgan fingerprint density at radius 2 is 1.95 bits per heavy atom. The molecule has 0 unspecified atom stereocenters. The Hall–Kier alpha value is -1.21. The average Bonchev–Trinajstić information content (AvgIpc) is 2.53. The number of thioether (sulfide) groups is 1. The van der Waals surface area contributed by atoms with E-state index in [0.29, 0.717) is 0 Å². The lowest BCUT2D eigenvalue weighted by Crippen LogP contribution is -2.33. The molecule has 1 fully saturated rings. The number of anilines is 1. The highest BCUT2D eigenvalue weighted by atomic mass is 32.2. The molecule has 2 aliphatic rings. The molecule has 0 saturated carbocycles. The summed E-state index contributed by atoms with van der Waals surface area (Å²) < 4.78 is 0.212. The van der Waals surface area contributed by atoms with E-state index in [0.717, 1.165) is 43.1 Å². The van der Waals surface area contributed by atoms with E-state index in [9.17, 15) is 5.26 Å². The van der Waals surface area contributed by atoms with Crippen LogP contribution < -0.4 is 4.90 Å². The van der Waals surface area contributed by atoms with Crippen LogP contribution in [0.2, 0.25) is 0 Å². The third-order valence-corrected chi connectivity index (χ3v) is 6.15. The molecule has 0 bridgehead atoms. The first-order valence-corrected chi connectivity index (χ1v) is 9.38. The van der Waals surface area contributed by atoms with E-state index in [1.54, 1.807) is 0 Å². The largest absolute Gasteiger partial charge is 0.356 e. The summed E-state index contributed by atoms with van der Waals surface area (Å²) in [5, 5.41) is 9.82. The molecule has 0 radical (unpaired) electrons. The fourth-order valence-electron chi connectivity index (χ4n) is 3.57. The van der Waals surface area contributed by atoms with E-state index in [-0.39, 0.29) is 4.75 Å². The maximum absolute atomic E-state index is 9.82. The molecule has 0 atom stereocenters. The van der Waals surface area contributed by atoms with Crippen LogP contribution in [-0.2, 0) is 18.6 Å². The van der Waals surface area contributed by atoms with Gasteiger partial charge in [-0.2, -0.15) is 17.0 Å². The molecule has 3 rings (SSSR count). The number of aryl methyl sites for hydroxylation is 1. The van der Waals surface area contributed by atoms with Crippen molar-refractivity contribution in [2.24, 2.45) is 0 Å². The van der Waals surface area contributed by atoms with Gasteiger partial charge in [-0.05, 0) is 43.2 Å². The van der Waals surface area contributed by atoms with Gasteiger partial charge in [0.1, 0.15) is 11.9 Å². The van der Waals surface area contributed by atoms with Gasteiger partial charge in [-0.25, -0.2) is 4.98 Å². The Bertz CT molecular complexity index is 610. The van der Waals surface area contributed by atoms with Gasteiger partial charge in [0, 0.05) is 29.3 Å². The molecule has 4 heteroatoms. The second kappa shape index (κ2) is 6.12. The SMILES string of the molecule is CCc1nc(N2CCCCC2)c(C#N)c2c1CSC(C)(C)C2. The van der Waals surface area contributed by atoms with Crippen molar-refractivity contribution in [3.63, 3.8) is 0 Å². The second-order valence-corrected chi connectivity index (χ2v) is 8.63. The van der Waals surface area contributed by atoms with Crippen molar-refractivity contribution in [3.05, 3.63) is 22.4 Å². The van der Waals surface area contributed by atoms with E-state index >= 15 is 0 Å². The topological polar surface area (TPSA) is 39.9 Å². The number of hydrogen-bond donors (Lipinski definition) is 0. The van der Waals surface area contributed by atoms with Gasteiger partial charge in [0.05, 0.1) is 5.56 Å². The Kier molecular flexibility index (Phi) is 4.36. The summed E-state index contributed by atoms with van der Waals surface area (Å²) in [5.74, 6) is 1.95. The van der Waals surface area contributed by atoms with Crippen molar-refractivity contribution >= 4 is 17.6 Å². The van der Waals surface area contributed by atoms with Gasteiger partial charge in [-0.3, -0.25) is 0 Å². The van der Waals surface area contributed by atoms with Crippen LogP contribution in [-0.4, -0.2) is 22.8 Å². The molecule has 1 aromatic heterocycles. The molecule has 22 heavy (non-hydrogen) atoms. The minimum Gasteiger partial charge on any atom is -0.356 e. The predicted molar refractivity (Wildman–Crippen MR) is 93.5 cm³/mol. The second-order valence-electron chi connectivity index (χ2n) is 6.95.